The van der Waals surface area contributed by atoms with Crippen LogP contribution < -0.4 is 5.73 Å². The first-order chi connectivity index (χ1) is 8.69. The minimum absolute atomic E-state index is 0.0930. The van der Waals surface area contributed by atoms with Gasteiger partial charge in [0.05, 0.1) is 0 Å². The molecule has 1 aromatic heterocycles. The Bertz CT molecular complexity index is 568. The fraction of sp³-hybridized carbons (Fsp3) is 0.182. The Labute approximate surface area is 108 Å². The summed E-state index contributed by atoms with van der Waals surface area (Å²) in [5.41, 5.74) is 7.23. The molecular weight excluding hydrogens is 252 g/mol. The number of hydrogen-bond donors (Lipinski definition) is 2. The predicted molar refractivity (Wildman–Crippen MR) is 67.5 cm³/mol. The fourth-order valence-electron chi connectivity index (χ4n) is 1.36. The molecule has 0 spiro atoms. The quantitative estimate of drug-likeness (QED) is 0.287. The van der Waals surface area contributed by atoms with Gasteiger partial charge in [-0.05, 0) is 11.6 Å². The number of amidine groups is 1. The molecule has 2 aromatic rings. The summed E-state index contributed by atoms with van der Waals surface area (Å²) in [6, 6.07) is 7.43. The van der Waals surface area contributed by atoms with Crippen molar-refractivity contribution >= 4 is 17.6 Å². The molecule has 0 saturated heterocycles. The van der Waals surface area contributed by atoms with Gasteiger partial charge in [0, 0.05) is 18.2 Å². The summed E-state index contributed by atoms with van der Waals surface area (Å²) in [6.07, 6.45) is 0. The van der Waals surface area contributed by atoms with E-state index in [0.717, 1.165) is 5.56 Å². The molecule has 2 rings (SSSR count). The molecule has 0 amide bonds. The maximum absolute atomic E-state index is 8.61. The Morgan fingerprint density at radius 3 is 3.00 bits per heavy atom. The highest BCUT2D eigenvalue weighted by molar-refractivity contribution is 7.98. The topological polar surface area (TPSA) is 97.5 Å². The summed E-state index contributed by atoms with van der Waals surface area (Å²) in [4.78, 5) is 0. The molecule has 18 heavy (non-hydrogen) atoms. The van der Waals surface area contributed by atoms with Crippen molar-refractivity contribution < 1.29 is 9.62 Å². The lowest BCUT2D eigenvalue weighted by Crippen LogP contribution is -2.13. The van der Waals surface area contributed by atoms with E-state index in [4.69, 9.17) is 15.4 Å². The van der Waals surface area contributed by atoms with Crippen molar-refractivity contribution in [2.24, 2.45) is 10.9 Å². The third-order valence-electron chi connectivity index (χ3n) is 2.20. The van der Waals surface area contributed by atoms with Crippen LogP contribution in [0.4, 0.5) is 0 Å². The normalized spacial score (nSPS) is 11.7. The third kappa shape index (κ3) is 3.01. The average Bonchev–Trinajstić information content (AvgIpc) is 2.81. The zero-order valence-electron chi connectivity index (χ0n) is 9.70. The molecule has 1 aromatic carbocycles. The number of aryl methyl sites for hydroxylation is 1. The van der Waals surface area contributed by atoms with Crippen molar-refractivity contribution in [3.63, 3.8) is 0 Å². The maximum atomic E-state index is 8.61. The summed E-state index contributed by atoms with van der Waals surface area (Å²) < 4.78 is 5.26. The summed E-state index contributed by atoms with van der Waals surface area (Å²) in [6.45, 7) is 1.75. The summed E-state index contributed by atoms with van der Waals surface area (Å²) in [5, 5.41) is 19.8. The zero-order chi connectivity index (χ0) is 13.0. The minimum Gasteiger partial charge on any atom is -0.416 e. The van der Waals surface area contributed by atoms with E-state index in [1.165, 1.54) is 11.8 Å². The Balaban J connectivity index is 2.05. The third-order valence-corrected chi connectivity index (χ3v) is 3.09. The number of nitrogens with two attached hydrogens (primary N) is 1. The Morgan fingerprint density at radius 1 is 1.50 bits per heavy atom. The van der Waals surface area contributed by atoms with Crippen LogP contribution in [-0.2, 0) is 5.75 Å². The van der Waals surface area contributed by atoms with E-state index in [1.807, 2.05) is 18.2 Å². The lowest BCUT2D eigenvalue weighted by atomic mass is 10.1. The van der Waals surface area contributed by atoms with Crippen molar-refractivity contribution in [3.05, 3.63) is 41.3 Å². The summed E-state index contributed by atoms with van der Waals surface area (Å²) >= 11 is 1.44. The van der Waals surface area contributed by atoms with Crippen LogP contribution in [0.2, 0.25) is 0 Å². The number of rotatable bonds is 4. The van der Waals surface area contributed by atoms with E-state index >= 15 is 0 Å². The molecule has 0 saturated carbocycles. The predicted octanol–water partition coefficient (Wildman–Crippen LogP) is 1.76. The largest absolute Gasteiger partial charge is 0.416 e. The number of oxime groups is 1. The van der Waals surface area contributed by atoms with Crippen molar-refractivity contribution in [3.8, 4) is 0 Å². The van der Waals surface area contributed by atoms with Crippen LogP contribution >= 0.6 is 11.8 Å². The van der Waals surface area contributed by atoms with Gasteiger partial charge in [-0.1, -0.05) is 35.1 Å². The van der Waals surface area contributed by atoms with Crippen LogP contribution in [0.25, 0.3) is 0 Å². The van der Waals surface area contributed by atoms with E-state index in [2.05, 4.69) is 15.4 Å². The van der Waals surface area contributed by atoms with Crippen LogP contribution in [0.5, 0.6) is 0 Å². The summed E-state index contributed by atoms with van der Waals surface area (Å²) in [7, 11) is 0. The molecule has 0 aliphatic heterocycles. The van der Waals surface area contributed by atoms with Crippen LogP contribution in [-0.4, -0.2) is 21.2 Å². The lowest BCUT2D eigenvalue weighted by Gasteiger charge is -2.02. The monoisotopic (exact) mass is 264 g/mol. The molecule has 0 atom stereocenters. The van der Waals surface area contributed by atoms with Gasteiger partial charge in [-0.3, -0.25) is 0 Å². The molecule has 1 heterocycles. The molecule has 3 N–H and O–H groups in total. The van der Waals surface area contributed by atoms with E-state index in [-0.39, 0.29) is 5.84 Å². The second kappa shape index (κ2) is 5.54. The molecule has 7 heteroatoms. The first-order valence-electron chi connectivity index (χ1n) is 5.19. The second-order valence-electron chi connectivity index (χ2n) is 3.56. The molecule has 0 bridgehead atoms. The molecule has 0 radical (unpaired) electrons. The van der Waals surface area contributed by atoms with Gasteiger partial charge in [-0.25, -0.2) is 0 Å². The molecule has 0 fully saturated rings. The van der Waals surface area contributed by atoms with E-state index in [9.17, 15) is 0 Å². The van der Waals surface area contributed by atoms with Gasteiger partial charge in [0.15, 0.2) is 5.84 Å². The molecule has 6 nitrogen and oxygen atoms in total. The van der Waals surface area contributed by atoms with Crippen LogP contribution in [0.15, 0.2) is 39.1 Å². The number of nitrogens with zero attached hydrogens (tertiary/aromatic N) is 3. The highest BCUT2D eigenvalue weighted by Gasteiger charge is 2.05. The number of aromatic nitrogens is 2. The molecule has 0 aliphatic rings. The van der Waals surface area contributed by atoms with Crippen LogP contribution in [0.1, 0.15) is 17.0 Å². The van der Waals surface area contributed by atoms with E-state index < -0.39 is 0 Å². The number of benzene rings is 1. The molecular formula is C11H12N4O2S. The van der Waals surface area contributed by atoms with Gasteiger partial charge < -0.3 is 15.4 Å². The first kappa shape index (κ1) is 12.4. The maximum Gasteiger partial charge on any atom is 0.276 e. The first-order valence-corrected chi connectivity index (χ1v) is 6.17. The summed E-state index contributed by atoms with van der Waals surface area (Å²) in [5.74, 6) is 1.31. The number of thioether (sulfide) groups is 1. The highest BCUT2D eigenvalue weighted by atomic mass is 32.2. The van der Waals surface area contributed by atoms with Crippen molar-refractivity contribution in [2.75, 3.05) is 0 Å². The minimum atomic E-state index is 0.0930. The SMILES string of the molecule is Cc1nnc(SCc2cccc(C(N)=NO)c2)o1. The number of hydrogen-bond acceptors (Lipinski definition) is 6. The average molecular weight is 264 g/mol. The van der Waals surface area contributed by atoms with Gasteiger partial charge >= 0.3 is 0 Å². The van der Waals surface area contributed by atoms with Gasteiger partial charge in [-0.15, -0.1) is 10.2 Å². The molecule has 0 aliphatic carbocycles. The lowest BCUT2D eigenvalue weighted by molar-refractivity contribution is 0.318. The van der Waals surface area contributed by atoms with E-state index in [0.29, 0.717) is 22.4 Å². The van der Waals surface area contributed by atoms with Crippen molar-refractivity contribution in [1.29, 1.82) is 0 Å². The van der Waals surface area contributed by atoms with Gasteiger partial charge in [-0.2, -0.15) is 0 Å². The van der Waals surface area contributed by atoms with Gasteiger partial charge in [0.25, 0.3) is 5.22 Å². The standard InChI is InChI=1S/C11H12N4O2S/c1-7-13-14-11(17-7)18-6-8-3-2-4-9(5-8)10(12)15-16/h2-5,16H,6H2,1H3,(H2,12,15). The Kier molecular flexibility index (Phi) is 3.83. The van der Waals surface area contributed by atoms with Crippen molar-refractivity contribution in [2.45, 2.75) is 17.9 Å². The van der Waals surface area contributed by atoms with Gasteiger partial charge in [0.1, 0.15) is 0 Å². The highest BCUT2D eigenvalue weighted by Crippen LogP contribution is 2.21. The Morgan fingerprint density at radius 2 is 2.33 bits per heavy atom. The molecule has 0 unspecified atom stereocenters. The van der Waals surface area contributed by atoms with Crippen LogP contribution in [0, 0.1) is 6.92 Å². The zero-order valence-corrected chi connectivity index (χ0v) is 10.5. The van der Waals surface area contributed by atoms with Crippen LogP contribution in [0.3, 0.4) is 0 Å². The Hall–Kier alpha value is -2.02. The van der Waals surface area contributed by atoms with Crippen molar-refractivity contribution in [1.82, 2.24) is 10.2 Å². The van der Waals surface area contributed by atoms with Gasteiger partial charge in [0.2, 0.25) is 5.89 Å². The molecule has 94 valence electrons. The smallest absolute Gasteiger partial charge is 0.276 e. The second-order valence-corrected chi connectivity index (χ2v) is 4.49. The fourth-order valence-corrected chi connectivity index (χ4v) is 2.11. The van der Waals surface area contributed by atoms with E-state index in [1.54, 1.807) is 13.0 Å².